The predicted octanol–water partition coefficient (Wildman–Crippen LogP) is 2.52. The smallest absolute Gasteiger partial charge is 0.264 e. The summed E-state index contributed by atoms with van der Waals surface area (Å²) in [4.78, 5) is 15.9. The van der Waals surface area contributed by atoms with Gasteiger partial charge in [-0.25, -0.2) is 4.98 Å². The van der Waals surface area contributed by atoms with Crippen LogP contribution < -0.4 is 10.1 Å². The Morgan fingerprint density at radius 2 is 2.18 bits per heavy atom. The third-order valence-electron chi connectivity index (χ3n) is 2.70. The van der Waals surface area contributed by atoms with Crippen molar-refractivity contribution in [2.45, 2.75) is 6.92 Å². The van der Waals surface area contributed by atoms with Crippen LogP contribution in [0.25, 0.3) is 11.5 Å². The van der Waals surface area contributed by atoms with E-state index >= 15 is 0 Å². The summed E-state index contributed by atoms with van der Waals surface area (Å²) in [5, 5.41) is 12.5. The lowest BCUT2D eigenvalue weighted by Gasteiger charge is -2.06. The van der Waals surface area contributed by atoms with Crippen molar-refractivity contribution in [1.82, 2.24) is 15.2 Å². The second kappa shape index (κ2) is 6.35. The lowest BCUT2D eigenvalue weighted by molar-refractivity contribution is -0.118. The van der Waals surface area contributed by atoms with E-state index in [0.717, 1.165) is 11.3 Å². The topological polar surface area (TPSA) is 90.1 Å². The molecule has 0 saturated carbocycles. The molecule has 0 spiro atoms. The molecule has 1 N–H and O–H groups in total. The second-order valence-corrected chi connectivity index (χ2v) is 5.26. The number of nitrogens with zero attached hydrogens (tertiary/aromatic N) is 3. The van der Waals surface area contributed by atoms with Crippen LogP contribution in [0, 0.1) is 6.92 Å². The van der Waals surface area contributed by atoms with Gasteiger partial charge in [-0.1, -0.05) is 0 Å². The Kier molecular flexibility index (Phi) is 4.10. The van der Waals surface area contributed by atoms with E-state index in [0.29, 0.717) is 16.8 Å². The number of hydrogen-bond acceptors (Lipinski definition) is 7. The summed E-state index contributed by atoms with van der Waals surface area (Å²) in [5.41, 5.74) is 1.66. The SMILES string of the molecule is Cc1csc(NC(=O)COc2ccc(-c3nnco3)cc2)n1. The molecule has 0 radical (unpaired) electrons. The summed E-state index contributed by atoms with van der Waals surface area (Å²) < 4.78 is 10.5. The molecule has 22 heavy (non-hydrogen) atoms. The van der Waals surface area contributed by atoms with Gasteiger partial charge in [0.05, 0.1) is 5.69 Å². The van der Waals surface area contributed by atoms with Crippen molar-refractivity contribution < 1.29 is 13.9 Å². The number of nitrogens with one attached hydrogen (secondary N) is 1. The largest absolute Gasteiger partial charge is 0.484 e. The summed E-state index contributed by atoms with van der Waals surface area (Å²) in [6.07, 6.45) is 1.27. The first-order valence-electron chi connectivity index (χ1n) is 6.42. The number of thiazole rings is 1. The molecule has 0 atom stereocenters. The molecule has 0 aliphatic heterocycles. The van der Waals surface area contributed by atoms with E-state index in [4.69, 9.17) is 9.15 Å². The van der Waals surface area contributed by atoms with Gasteiger partial charge in [0.25, 0.3) is 5.91 Å². The minimum atomic E-state index is -0.254. The summed E-state index contributed by atoms with van der Waals surface area (Å²) >= 11 is 1.38. The quantitative estimate of drug-likeness (QED) is 0.778. The van der Waals surface area contributed by atoms with Gasteiger partial charge in [-0.05, 0) is 31.2 Å². The zero-order valence-electron chi connectivity index (χ0n) is 11.6. The highest BCUT2D eigenvalue weighted by atomic mass is 32.1. The van der Waals surface area contributed by atoms with Crippen LogP contribution >= 0.6 is 11.3 Å². The van der Waals surface area contributed by atoms with Gasteiger partial charge < -0.3 is 9.15 Å². The zero-order chi connectivity index (χ0) is 15.4. The molecule has 0 bridgehead atoms. The number of carbonyl (C=O) groups is 1. The lowest BCUT2D eigenvalue weighted by Crippen LogP contribution is -2.20. The van der Waals surface area contributed by atoms with E-state index in [1.54, 1.807) is 24.3 Å². The van der Waals surface area contributed by atoms with Crippen LogP contribution in [0.4, 0.5) is 5.13 Å². The number of rotatable bonds is 5. The number of carbonyl (C=O) groups excluding carboxylic acids is 1. The van der Waals surface area contributed by atoms with Gasteiger partial charge in [-0.2, -0.15) is 0 Å². The number of aryl methyl sites for hydroxylation is 1. The van der Waals surface area contributed by atoms with Crippen LogP contribution in [0.15, 0.2) is 40.5 Å². The zero-order valence-corrected chi connectivity index (χ0v) is 12.5. The van der Waals surface area contributed by atoms with Crippen LogP contribution in [-0.4, -0.2) is 27.7 Å². The standard InChI is InChI=1S/C14H12N4O3S/c1-9-7-22-14(16-9)17-12(19)6-20-11-4-2-10(3-5-11)13-18-15-8-21-13/h2-5,7-8H,6H2,1H3,(H,16,17,19). The molecule has 0 aliphatic carbocycles. The average Bonchev–Trinajstić information content (AvgIpc) is 3.18. The van der Waals surface area contributed by atoms with Crippen molar-refractivity contribution >= 4 is 22.4 Å². The molecule has 0 aliphatic rings. The van der Waals surface area contributed by atoms with Crippen molar-refractivity contribution in [3.63, 3.8) is 0 Å². The van der Waals surface area contributed by atoms with E-state index < -0.39 is 0 Å². The Labute approximate surface area is 130 Å². The number of hydrogen-bond donors (Lipinski definition) is 1. The molecule has 2 aromatic heterocycles. The Balaban J connectivity index is 1.54. The van der Waals surface area contributed by atoms with Gasteiger partial charge in [0, 0.05) is 10.9 Å². The van der Waals surface area contributed by atoms with Crippen molar-refractivity contribution in [3.05, 3.63) is 41.7 Å². The highest BCUT2D eigenvalue weighted by Crippen LogP contribution is 2.20. The monoisotopic (exact) mass is 316 g/mol. The third kappa shape index (κ3) is 3.47. The number of benzene rings is 1. The Morgan fingerprint density at radius 3 is 2.82 bits per heavy atom. The molecular formula is C14H12N4O3S. The number of aromatic nitrogens is 3. The van der Waals surface area contributed by atoms with Crippen molar-refractivity contribution in [2.75, 3.05) is 11.9 Å². The fourth-order valence-corrected chi connectivity index (χ4v) is 2.41. The molecule has 3 aromatic rings. The van der Waals surface area contributed by atoms with Crippen LogP contribution in [0.1, 0.15) is 5.69 Å². The lowest BCUT2D eigenvalue weighted by atomic mass is 10.2. The normalized spacial score (nSPS) is 10.4. The highest BCUT2D eigenvalue weighted by molar-refractivity contribution is 7.13. The Bertz CT molecular complexity index is 753. The van der Waals surface area contributed by atoms with Crippen molar-refractivity contribution in [1.29, 1.82) is 0 Å². The molecule has 2 heterocycles. The highest BCUT2D eigenvalue weighted by Gasteiger charge is 2.07. The van der Waals surface area contributed by atoms with E-state index in [1.165, 1.54) is 17.7 Å². The van der Waals surface area contributed by atoms with Crippen LogP contribution in [0.2, 0.25) is 0 Å². The van der Waals surface area contributed by atoms with E-state index in [9.17, 15) is 4.79 Å². The molecule has 112 valence electrons. The van der Waals surface area contributed by atoms with Gasteiger partial charge in [-0.15, -0.1) is 21.5 Å². The molecule has 3 rings (SSSR count). The average molecular weight is 316 g/mol. The van der Waals surface area contributed by atoms with Crippen LogP contribution in [-0.2, 0) is 4.79 Å². The van der Waals surface area contributed by atoms with E-state index in [-0.39, 0.29) is 12.5 Å². The number of ether oxygens (including phenoxy) is 1. The van der Waals surface area contributed by atoms with Gasteiger partial charge >= 0.3 is 0 Å². The fraction of sp³-hybridized carbons (Fsp3) is 0.143. The number of amides is 1. The maximum Gasteiger partial charge on any atom is 0.264 e. The predicted molar refractivity (Wildman–Crippen MR) is 80.7 cm³/mol. The summed E-state index contributed by atoms with van der Waals surface area (Å²) in [7, 11) is 0. The van der Waals surface area contributed by atoms with Crippen molar-refractivity contribution in [3.8, 4) is 17.2 Å². The molecule has 7 nitrogen and oxygen atoms in total. The first-order valence-corrected chi connectivity index (χ1v) is 7.30. The van der Waals surface area contributed by atoms with Crippen LogP contribution in [0.5, 0.6) is 5.75 Å². The van der Waals surface area contributed by atoms with E-state index in [1.807, 2.05) is 12.3 Å². The first-order chi connectivity index (χ1) is 10.7. The minimum absolute atomic E-state index is 0.0848. The molecule has 0 unspecified atom stereocenters. The summed E-state index contributed by atoms with van der Waals surface area (Å²) in [5.74, 6) is 0.757. The first kappa shape index (κ1) is 14.2. The maximum atomic E-state index is 11.7. The molecule has 0 saturated heterocycles. The molecule has 1 amide bonds. The fourth-order valence-electron chi connectivity index (χ4n) is 1.71. The minimum Gasteiger partial charge on any atom is -0.484 e. The molecule has 1 aromatic carbocycles. The molecular weight excluding hydrogens is 304 g/mol. The molecule has 8 heteroatoms. The summed E-state index contributed by atoms with van der Waals surface area (Å²) in [6.45, 7) is 1.78. The number of anilines is 1. The van der Waals surface area contributed by atoms with Crippen LogP contribution in [0.3, 0.4) is 0 Å². The van der Waals surface area contributed by atoms with Gasteiger partial charge in [0.2, 0.25) is 12.3 Å². The summed E-state index contributed by atoms with van der Waals surface area (Å²) in [6, 6.07) is 7.04. The van der Waals surface area contributed by atoms with Gasteiger partial charge in [-0.3, -0.25) is 10.1 Å². The van der Waals surface area contributed by atoms with Gasteiger partial charge in [0.1, 0.15) is 5.75 Å². The van der Waals surface area contributed by atoms with Gasteiger partial charge in [0.15, 0.2) is 11.7 Å². The third-order valence-corrected chi connectivity index (χ3v) is 3.57. The Hall–Kier alpha value is -2.74. The molecule has 0 fully saturated rings. The van der Waals surface area contributed by atoms with Crippen molar-refractivity contribution in [2.24, 2.45) is 0 Å². The van der Waals surface area contributed by atoms with E-state index in [2.05, 4.69) is 20.5 Å². The second-order valence-electron chi connectivity index (χ2n) is 4.40. The maximum absolute atomic E-state index is 11.7. The Morgan fingerprint density at radius 1 is 1.36 bits per heavy atom.